The topological polar surface area (TPSA) is 59.0 Å². The first-order valence-corrected chi connectivity index (χ1v) is 5.01. The normalized spacial score (nSPS) is 13.9. The summed E-state index contributed by atoms with van der Waals surface area (Å²) in [5, 5.41) is 8.77. The summed E-state index contributed by atoms with van der Waals surface area (Å²) in [5.41, 5.74) is 5.54. The molecule has 0 bridgehead atoms. The van der Waals surface area contributed by atoms with Crippen molar-refractivity contribution in [1.82, 2.24) is 0 Å². The van der Waals surface area contributed by atoms with Crippen molar-refractivity contribution >= 4 is 0 Å². The number of hydrogen-bond donors (Lipinski definition) is 1. The summed E-state index contributed by atoms with van der Waals surface area (Å²) in [6, 6.07) is 6.33. The predicted octanol–water partition coefficient (Wildman–Crippen LogP) is 2.01. The maximum absolute atomic E-state index is 13.0. The maximum atomic E-state index is 13.0. The molecule has 1 atom stereocenters. The summed E-state index contributed by atoms with van der Waals surface area (Å²) >= 11 is 0. The maximum Gasteiger partial charge on any atom is 0.123 e. The second-order valence-electron chi connectivity index (χ2n) is 3.99. The Balaban J connectivity index is 2.81. The van der Waals surface area contributed by atoms with E-state index in [4.69, 9.17) is 15.7 Å². The van der Waals surface area contributed by atoms with E-state index < -0.39 is 5.54 Å². The molecule has 0 spiro atoms. The van der Waals surface area contributed by atoms with Gasteiger partial charge in [0.05, 0.1) is 13.2 Å². The van der Waals surface area contributed by atoms with Gasteiger partial charge in [-0.1, -0.05) is 0 Å². The molecular formula is C12H15FN2O. The lowest BCUT2D eigenvalue weighted by Gasteiger charge is -2.16. The van der Waals surface area contributed by atoms with Crippen LogP contribution in [0.5, 0.6) is 5.75 Å². The quantitative estimate of drug-likeness (QED) is 0.847. The molecule has 1 unspecified atom stereocenters. The van der Waals surface area contributed by atoms with Gasteiger partial charge in [0.2, 0.25) is 0 Å². The van der Waals surface area contributed by atoms with Gasteiger partial charge in [0.15, 0.2) is 0 Å². The Kier molecular flexibility index (Phi) is 3.86. The van der Waals surface area contributed by atoms with Gasteiger partial charge in [0.25, 0.3) is 0 Å². The van der Waals surface area contributed by atoms with Gasteiger partial charge in [0, 0.05) is 0 Å². The zero-order valence-corrected chi connectivity index (χ0v) is 9.46. The van der Waals surface area contributed by atoms with Crippen molar-refractivity contribution < 1.29 is 9.13 Å². The minimum atomic E-state index is -0.892. The fraction of sp³-hybridized carbons (Fsp3) is 0.417. The van der Waals surface area contributed by atoms with Crippen LogP contribution in [0.2, 0.25) is 0 Å². The highest BCUT2D eigenvalue weighted by Crippen LogP contribution is 2.22. The number of nitrogens with zero attached hydrogens (tertiary/aromatic N) is 1. The zero-order valence-electron chi connectivity index (χ0n) is 9.46. The van der Waals surface area contributed by atoms with Crippen molar-refractivity contribution in [1.29, 1.82) is 5.26 Å². The van der Waals surface area contributed by atoms with Crippen LogP contribution in [0.4, 0.5) is 4.39 Å². The van der Waals surface area contributed by atoms with Crippen LogP contribution in [0.15, 0.2) is 18.2 Å². The van der Waals surface area contributed by atoms with Crippen molar-refractivity contribution in [3.05, 3.63) is 29.6 Å². The molecule has 0 radical (unpaired) electrons. The molecule has 86 valence electrons. The SMILES string of the molecule is COc1ccc(F)cc1CCC(C)(N)C#N. The lowest BCUT2D eigenvalue weighted by molar-refractivity contribution is 0.405. The number of ether oxygens (including phenoxy) is 1. The Hall–Kier alpha value is -1.60. The van der Waals surface area contributed by atoms with E-state index in [0.29, 0.717) is 18.6 Å². The van der Waals surface area contributed by atoms with Crippen molar-refractivity contribution in [2.45, 2.75) is 25.3 Å². The minimum absolute atomic E-state index is 0.313. The second kappa shape index (κ2) is 4.95. The van der Waals surface area contributed by atoms with Gasteiger partial charge in [-0.2, -0.15) is 5.26 Å². The average molecular weight is 222 g/mol. The average Bonchev–Trinajstić information content (AvgIpc) is 2.27. The monoisotopic (exact) mass is 222 g/mol. The Morgan fingerprint density at radius 1 is 1.56 bits per heavy atom. The molecule has 0 aliphatic carbocycles. The molecule has 1 aromatic rings. The molecule has 0 aromatic heterocycles. The molecule has 3 nitrogen and oxygen atoms in total. The Morgan fingerprint density at radius 3 is 2.81 bits per heavy atom. The minimum Gasteiger partial charge on any atom is -0.496 e. The smallest absolute Gasteiger partial charge is 0.123 e. The van der Waals surface area contributed by atoms with Gasteiger partial charge >= 0.3 is 0 Å². The summed E-state index contributed by atoms with van der Waals surface area (Å²) in [6.07, 6.45) is 0.977. The lowest BCUT2D eigenvalue weighted by atomic mass is 9.95. The van der Waals surface area contributed by atoms with E-state index in [9.17, 15) is 4.39 Å². The zero-order chi connectivity index (χ0) is 12.2. The first kappa shape index (κ1) is 12.5. The van der Waals surface area contributed by atoms with E-state index in [1.165, 1.54) is 19.2 Å². The Morgan fingerprint density at radius 2 is 2.25 bits per heavy atom. The second-order valence-corrected chi connectivity index (χ2v) is 3.99. The summed E-state index contributed by atoms with van der Waals surface area (Å²) in [5.74, 6) is 0.307. The molecule has 0 fully saturated rings. The summed E-state index contributed by atoms with van der Waals surface area (Å²) in [7, 11) is 1.53. The number of rotatable bonds is 4. The molecule has 1 aromatic carbocycles. The summed E-state index contributed by atoms with van der Waals surface area (Å²) in [4.78, 5) is 0. The fourth-order valence-electron chi connectivity index (χ4n) is 1.39. The molecule has 0 aliphatic heterocycles. The summed E-state index contributed by atoms with van der Waals surface area (Å²) < 4.78 is 18.1. The number of nitriles is 1. The lowest BCUT2D eigenvalue weighted by Crippen LogP contribution is -2.34. The number of aryl methyl sites for hydroxylation is 1. The molecule has 4 heteroatoms. The number of benzene rings is 1. The highest BCUT2D eigenvalue weighted by Gasteiger charge is 2.18. The van der Waals surface area contributed by atoms with Gasteiger partial charge in [0.1, 0.15) is 17.1 Å². The fourth-order valence-corrected chi connectivity index (χ4v) is 1.39. The molecule has 0 heterocycles. The molecular weight excluding hydrogens is 207 g/mol. The predicted molar refractivity (Wildman–Crippen MR) is 59.5 cm³/mol. The van der Waals surface area contributed by atoms with E-state index in [2.05, 4.69) is 0 Å². The van der Waals surface area contributed by atoms with E-state index in [-0.39, 0.29) is 5.82 Å². The van der Waals surface area contributed by atoms with Crippen LogP contribution < -0.4 is 10.5 Å². The van der Waals surface area contributed by atoms with Crippen molar-refractivity contribution in [2.24, 2.45) is 5.73 Å². The van der Waals surface area contributed by atoms with Crippen LogP contribution in [0.1, 0.15) is 18.9 Å². The third-order valence-electron chi connectivity index (χ3n) is 2.41. The molecule has 16 heavy (non-hydrogen) atoms. The van der Waals surface area contributed by atoms with Crippen molar-refractivity contribution in [3.8, 4) is 11.8 Å². The van der Waals surface area contributed by atoms with Gasteiger partial charge in [-0.15, -0.1) is 0 Å². The Labute approximate surface area is 94.6 Å². The molecule has 0 aliphatic rings. The number of hydrogen-bond acceptors (Lipinski definition) is 3. The van der Waals surface area contributed by atoms with Crippen LogP contribution in [-0.2, 0) is 6.42 Å². The van der Waals surface area contributed by atoms with Crippen molar-refractivity contribution in [2.75, 3.05) is 7.11 Å². The van der Waals surface area contributed by atoms with E-state index in [1.807, 2.05) is 6.07 Å². The highest BCUT2D eigenvalue weighted by molar-refractivity contribution is 5.34. The molecule has 1 rings (SSSR count). The highest BCUT2D eigenvalue weighted by atomic mass is 19.1. The standard InChI is InChI=1S/C12H15FN2O/c1-12(15,8-14)6-5-9-7-10(13)3-4-11(9)16-2/h3-4,7H,5-6,15H2,1-2H3. The van der Waals surface area contributed by atoms with E-state index in [1.54, 1.807) is 13.0 Å². The number of halogens is 1. The van der Waals surface area contributed by atoms with Gasteiger partial charge in [-0.05, 0) is 43.5 Å². The largest absolute Gasteiger partial charge is 0.496 e. The number of nitrogens with two attached hydrogens (primary N) is 1. The third-order valence-corrected chi connectivity index (χ3v) is 2.41. The Bertz CT molecular complexity index is 410. The first-order chi connectivity index (χ1) is 7.48. The number of methoxy groups -OCH3 is 1. The molecule has 2 N–H and O–H groups in total. The van der Waals surface area contributed by atoms with Gasteiger partial charge in [-0.25, -0.2) is 4.39 Å². The van der Waals surface area contributed by atoms with Crippen LogP contribution in [0.3, 0.4) is 0 Å². The van der Waals surface area contributed by atoms with E-state index >= 15 is 0 Å². The summed E-state index contributed by atoms with van der Waals surface area (Å²) in [6.45, 7) is 1.65. The van der Waals surface area contributed by atoms with Crippen molar-refractivity contribution in [3.63, 3.8) is 0 Å². The third kappa shape index (κ3) is 3.21. The first-order valence-electron chi connectivity index (χ1n) is 5.01. The van der Waals surface area contributed by atoms with E-state index in [0.717, 1.165) is 5.56 Å². The van der Waals surface area contributed by atoms with Gasteiger partial charge < -0.3 is 10.5 Å². The van der Waals surface area contributed by atoms with Crippen LogP contribution in [0, 0.1) is 17.1 Å². The molecule has 0 saturated carbocycles. The van der Waals surface area contributed by atoms with Crippen LogP contribution >= 0.6 is 0 Å². The molecule has 0 amide bonds. The van der Waals surface area contributed by atoms with Crippen LogP contribution in [-0.4, -0.2) is 12.6 Å². The molecule has 0 saturated heterocycles. The van der Waals surface area contributed by atoms with Gasteiger partial charge in [-0.3, -0.25) is 0 Å². The van der Waals surface area contributed by atoms with Crippen LogP contribution in [0.25, 0.3) is 0 Å².